The van der Waals surface area contributed by atoms with Crippen molar-refractivity contribution in [3.8, 4) is 11.5 Å². The summed E-state index contributed by atoms with van der Waals surface area (Å²) < 4.78 is 10.7. The zero-order valence-corrected chi connectivity index (χ0v) is 12.3. The van der Waals surface area contributed by atoms with Crippen molar-refractivity contribution >= 4 is 23.4 Å². The summed E-state index contributed by atoms with van der Waals surface area (Å²) in [6.45, 7) is 0.283. The SMILES string of the molecule is NC(CSc1cccc(Cl)c1)c1ccc2c(c1)OCO2. The number of rotatable bonds is 4. The molecule has 5 heteroatoms. The van der Waals surface area contributed by atoms with Crippen LogP contribution < -0.4 is 15.2 Å². The Morgan fingerprint density at radius 3 is 2.85 bits per heavy atom. The van der Waals surface area contributed by atoms with E-state index >= 15 is 0 Å². The molecule has 1 unspecified atom stereocenters. The molecule has 2 aromatic carbocycles. The molecule has 0 radical (unpaired) electrons. The minimum Gasteiger partial charge on any atom is -0.454 e. The molecule has 0 saturated carbocycles. The van der Waals surface area contributed by atoms with Gasteiger partial charge in [0, 0.05) is 21.7 Å². The standard InChI is InChI=1S/C15H14ClNO2S/c16-11-2-1-3-12(7-11)20-8-13(17)10-4-5-14-15(6-10)19-9-18-14/h1-7,13H,8-9,17H2. The summed E-state index contributed by atoms with van der Waals surface area (Å²) in [7, 11) is 0. The Morgan fingerprint density at radius 1 is 1.15 bits per heavy atom. The van der Waals surface area contributed by atoms with Crippen LogP contribution in [0, 0.1) is 0 Å². The normalized spacial score (nSPS) is 14.3. The van der Waals surface area contributed by atoms with Gasteiger partial charge in [0.15, 0.2) is 11.5 Å². The van der Waals surface area contributed by atoms with Crippen LogP contribution in [0.2, 0.25) is 5.02 Å². The van der Waals surface area contributed by atoms with Gasteiger partial charge in [0.25, 0.3) is 0 Å². The van der Waals surface area contributed by atoms with E-state index < -0.39 is 0 Å². The second-order valence-electron chi connectivity index (χ2n) is 4.49. The van der Waals surface area contributed by atoms with E-state index in [2.05, 4.69) is 0 Å². The van der Waals surface area contributed by atoms with Gasteiger partial charge in [-0.1, -0.05) is 23.7 Å². The lowest BCUT2D eigenvalue weighted by molar-refractivity contribution is 0.174. The van der Waals surface area contributed by atoms with Crippen molar-refractivity contribution in [3.05, 3.63) is 53.1 Å². The first-order chi connectivity index (χ1) is 9.72. The van der Waals surface area contributed by atoms with Crippen molar-refractivity contribution < 1.29 is 9.47 Å². The Bertz CT molecular complexity index is 621. The van der Waals surface area contributed by atoms with Gasteiger partial charge in [-0.3, -0.25) is 0 Å². The van der Waals surface area contributed by atoms with Crippen LogP contribution in [-0.2, 0) is 0 Å². The number of benzene rings is 2. The number of hydrogen-bond donors (Lipinski definition) is 1. The van der Waals surface area contributed by atoms with Crippen LogP contribution >= 0.6 is 23.4 Å². The molecule has 1 aliphatic rings. The van der Waals surface area contributed by atoms with Crippen molar-refractivity contribution in [1.29, 1.82) is 0 Å². The number of halogens is 1. The highest BCUT2D eigenvalue weighted by Crippen LogP contribution is 2.35. The van der Waals surface area contributed by atoms with Crippen molar-refractivity contribution in [2.75, 3.05) is 12.5 Å². The Kier molecular flexibility index (Phi) is 4.05. The third-order valence-electron chi connectivity index (χ3n) is 3.05. The van der Waals surface area contributed by atoms with Crippen LogP contribution in [0.4, 0.5) is 0 Å². The van der Waals surface area contributed by atoms with Gasteiger partial charge in [0.1, 0.15) is 0 Å². The van der Waals surface area contributed by atoms with Gasteiger partial charge in [-0.15, -0.1) is 11.8 Å². The second-order valence-corrected chi connectivity index (χ2v) is 6.02. The van der Waals surface area contributed by atoms with Crippen LogP contribution in [0.25, 0.3) is 0 Å². The van der Waals surface area contributed by atoms with E-state index in [9.17, 15) is 0 Å². The van der Waals surface area contributed by atoms with Crippen LogP contribution in [-0.4, -0.2) is 12.5 Å². The predicted octanol–water partition coefficient (Wildman–Crippen LogP) is 3.86. The van der Waals surface area contributed by atoms with Gasteiger partial charge in [-0.2, -0.15) is 0 Å². The highest BCUT2D eigenvalue weighted by atomic mass is 35.5. The first-order valence-electron chi connectivity index (χ1n) is 6.26. The number of ether oxygens (including phenoxy) is 2. The van der Waals surface area contributed by atoms with Gasteiger partial charge in [-0.05, 0) is 35.9 Å². The molecule has 0 bridgehead atoms. The van der Waals surface area contributed by atoms with Gasteiger partial charge >= 0.3 is 0 Å². The maximum absolute atomic E-state index is 6.22. The third kappa shape index (κ3) is 3.03. The van der Waals surface area contributed by atoms with Crippen molar-refractivity contribution in [1.82, 2.24) is 0 Å². The Morgan fingerprint density at radius 2 is 2.00 bits per heavy atom. The minimum atomic E-state index is -0.0616. The molecule has 2 N–H and O–H groups in total. The largest absolute Gasteiger partial charge is 0.454 e. The van der Waals surface area contributed by atoms with Crippen LogP contribution in [0.5, 0.6) is 11.5 Å². The molecule has 0 aliphatic carbocycles. The zero-order valence-electron chi connectivity index (χ0n) is 10.7. The van der Waals surface area contributed by atoms with E-state index in [0.29, 0.717) is 0 Å². The smallest absolute Gasteiger partial charge is 0.231 e. The van der Waals surface area contributed by atoms with Crippen molar-refractivity contribution in [3.63, 3.8) is 0 Å². The summed E-state index contributed by atoms with van der Waals surface area (Å²) in [6, 6.07) is 13.6. The molecular weight excluding hydrogens is 294 g/mol. The first-order valence-corrected chi connectivity index (χ1v) is 7.62. The summed E-state index contributed by atoms with van der Waals surface area (Å²) in [4.78, 5) is 1.12. The number of thioether (sulfide) groups is 1. The first kappa shape index (κ1) is 13.6. The third-order valence-corrected chi connectivity index (χ3v) is 4.40. The molecule has 0 amide bonds. The predicted molar refractivity (Wildman–Crippen MR) is 81.7 cm³/mol. The second kappa shape index (κ2) is 5.95. The molecule has 3 rings (SSSR count). The van der Waals surface area contributed by atoms with Crippen LogP contribution in [0.3, 0.4) is 0 Å². The average molecular weight is 308 g/mol. The quantitative estimate of drug-likeness (QED) is 0.871. The summed E-state index contributed by atoms with van der Waals surface area (Å²) in [6.07, 6.45) is 0. The Hall–Kier alpha value is -1.36. The summed E-state index contributed by atoms with van der Waals surface area (Å²) in [5, 5.41) is 0.742. The molecule has 1 heterocycles. The fourth-order valence-corrected chi connectivity index (χ4v) is 3.19. The summed E-state index contributed by atoms with van der Waals surface area (Å²) >= 11 is 7.66. The van der Waals surface area contributed by atoms with E-state index in [4.69, 9.17) is 26.8 Å². The number of hydrogen-bond acceptors (Lipinski definition) is 4. The molecule has 1 aliphatic heterocycles. The van der Waals surface area contributed by atoms with E-state index in [1.165, 1.54) is 0 Å². The fourth-order valence-electron chi connectivity index (χ4n) is 1.98. The molecule has 104 valence electrons. The van der Waals surface area contributed by atoms with E-state index in [-0.39, 0.29) is 12.8 Å². The lowest BCUT2D eigenvalue weighted by atomic mass is 10.1. The molecular formula is C15H14ClNO2S. The molecule has 0 saturated heterocycles. The maximum atomic E-state index is 6.22. The molecule has 0 fully saturated rings. The van der Waals surface area contributed by atoms with Crippen molar-refractivity contribution in [2.45, 2.75) is 10.9 Å². The molecule has 2 aromatic rings. The lowest BCUT2D eigenvalue weighted by Gasteiger charge is -2.12. The van der Waals surface area contributed by atoms with Gasteiger partial charge in [-0.25, -0.2) is 0 Å². The van der Waals surface area contributed by atoms with E-state index in [1.54, 1.807) is 11.8 Å². The Labute approximate surface area is 127 Å². The average Bonchev–Trinajstić information content (AvgIpc) is 2.92. The molecule has 20 heavy (non-hydrogen) atoms. The van der Waals surface area contributed by atoms with Crippen molar-refractivity contribution in [2.24, 2.45) is 5.73 Å². The van der Waals surface area contributed by atoms with Gasteiger partial charge in [0.05, 0.1) is 0 Å². The topological polar surface area (TPSA) is 44.5 Å². The molecule has 0 spiro atoms. The fraction of sp³-hybridized carbons (Fsp3) is 0.200. The molecule has 3 nitrogen and oxygen atoms in total. The minimum absolute atomic E-state index is 0.0616. The maximum Gasteiger partial charge on any atom is 0.231 e. The van der Waals surface area contributed by atoms with Crippen LogP contribution in [0.1, 0.15) is 11.6 Å². The summed E-state index contributed by atoms with van der Waals surface area (Å²) in [5.41, 5.74) is 7.27. The number of nitrogens with two attached hydrogens (primary N) is 1. The number of fused-ring (bicyclic) bond motifs is 1. The highest BCUT2D eigenvalue weighted by Gasteiger charge is 2.16. The molecule has 0 aromatic heterocycles. The molecule has 1 atom stereocenters. The Balaban J connectivity index is 1.66. The van der Waals surface area contributed by atoms with E-state index in [0.717, 1.165) is 32.7 Å². The zero-order chi connectivity index (χ0) is 13.9. The van der Waals surface area contributed by atoms with Crippen LogP contribution in [0.15, 0.2) is 47.4 Å². The monoisotopic (exact) mass is 307 g/mol. The summed E-state index contributed by atoms with van der Waals surface area (Å²) in [5.74, 6) is 2.33. The van der Waals surface area contributed by atoms with Gasteiger partial charge in [0.2, 0.25) is 6.79 Å². The van der Waals surface area contributed by atoms with E-state index in [1.807, 2.05) is 42.5 Å². The highest BCUT2D eigenvalue weighted by molar-refractivity contribution is 7.99. The van der Waals surface area contributed by atoms with Gasteiger partial charge < -0.3 is 15.2 Å². The lowest BCUT2D eigenvalue weighted by Crippen LogP contribution is -2.12.